The highest BCUT2D eigenvalue weighted by Gasteiger charge is 2.19. The maximum atomic E-state index is 13.3. The number of phenolic OH excluding ortho intramolecular Hbond substituents is 1. The van der Waals surface area contributed by atoms with Crippen LogP contribution >= 0.6 is 11.3 Å². The summed E-state index contributed by atoms with van der Waals surface area (Å²) < 4.78 is 2.31. The van der Waals surface area contributed by atoms with Crippen molar-refractivity contribution in [1.82, 2.24) is 9.38 Å². The molecule has 0 aliphatic rings. The molecule has 29 heavy (non-hydrogen) atoms. The Bertz CT molecular complexity index is 1400. The Balaban J connectivity index is 1.79. The molecule has 5 rings (SSSR count). The summed E-state index contributed by atoms with van der Waals surface area (Å²) in [5.41, 5.74) is 4.30. The highest BCUT2D eigenvalue weighted by atomic mass is 32.1. The zero-order valence-electron chi connectivity index (χ0n) is 15.3. The standard InChI is InChI=1S/C24H16N2O2S/c27-19-13-11-16(12-14-19)15-20-23(28)26-22(18-9-5-2-6-10-18)21(25-24(26)29-20)17-7-3-1-4-8-17/h1-15,27H/b20-15-. The second-order valence-electron chi connectivity index (χ2n) is 6.67. The largest absolute Gasteiger partial charge is 0.508 e. The van der Waals surface area contributed by atoms with Gasteiger partial charge in [0.15, 0.2) is 4.96 Å². The van der Waals surface area contributed by atoms with E-state index < -0.39 is 0 Å². The molecule has 1 N–H and O–H groups in total. The van der Waals surface area contributed by atoms with E-state index in [2.05, 4.69) is 0 Å². The first kappa shape index (κ1) is 17.4. The van der Waals surface area contributed by atoms with Crippen molar-refractivity contribution < 1.29 is 5.11 Å². The van der Waals surface area contributed by atoms with Gasteiger partial charge in [0.05, 0.1) is 15.9 Å². The molecule has 0 atom stereocenters. The Hall–Kier alpha value is -3.70. The molecule has 3 aromatic carbocycles. The predicted molar refractivity (Wildman–Crippen MR) is 117 cm³/mol. The number of phenols is 1. The number of rotatable bonds is 3. The summed E-state index contributed by atoms with van der Waals surface area (Å²) in [4.78, 5) is 18.8. The maximum Gasteiger partial charge on any atom is 0.274 e. The molecule has 0 fully saturated rings. The second-order valence-corrected chi connectivity index (χ2v) is 7.68. The van der Waals surface area contributed by atoms with Gasteiger partial charge >= 0.3 is 0 Å². The van der Waals surface area contributed by atoms with Gasteiger partial charge in [0.2, 0.25) is 0 Å². The van der Waals surface area contributed by atoms with Crippen molar-refractivity contribution in [3.05, 3.63) is 105 Å². The van der Waals surface area contributed by atoms with Crippen LogP contribution in [0, 0.1) is 0 Å². The van der Waals surface area contributed by atoms with Gasteiger partial charge in [-0.3, -0.25) is 4.79 Å². The average Bonchev–Trinajstić information content (AvgIpc) is 3.28. The van der Waals surface area contributed by atoms with Gasteiger partial charge in [0, 0.05) is 11.1 Å². The number of imidazole rings is 1. The molecule has 5 heteroatoms. The van der Waals surface area contributed by atoms with Crippen molar-refractivity contribution in [1.29, 1.82) is 0 Å². The summed E-state index contributed by atoms with van der Waals surface area (Å²) in [6.45, 7) is 0. The van der Waals surface area contributed by atoms with Gasteiger partial charge in [-0.25, -0.2) is 9.38 Å². The van der Waals surface area contributed by atoms with Crippen molar-refractivity contribution in [2.75, 3.05) is 0 Å². The van der Waals surface area contributed by atoms with Crippen LogP contribution in [0.1, 0.15) is 5.56 Å². The number of aromatic hydroxyl groups is 1. The minimum absolute atomic E-state index is 0.0911. The topological polar surface area (TPSA) is 54.6 Å². The Kier molecular flexibility index (Phi) is 4.22. The lowest BCUT2D eigenvalue weighted by atomic mass is 10.1. The molecule has 0 aliphatic heterocycles. The molecule has 0 saturated heterocycles. The van der Waals surface area contributed by atoms with E-state index >= 15 is 0 Å². The van der Waals surface area contributed by atoms with Crippen LogP contribution in [0.4, 0.5) is 0 Å². The summed E-state index contributed by atoms with van der Waals surface area (Å²) in [7, 11) is 0. The normalized spacial score (nSPS) is 11.9. The summed E-state index contributed by atoms with van der Waals surface area (Å²) in [6, 6.07) is 26.6. The Labute approximate surface area is 170 Å². The number of thiazole rings is 1. The molecule has 0 spiro atoms. The van der Waals surface area contributed by atoms with Gasteiger partial charge in [-0.05, 0) is 23.8 Å². The quantitative estimate of drug-likeness (QED) is 0.493. The van der Waals surface area contributed by atoms with E-state index in [1.165, 1.54) is 11.3 Å². The van der Waals surface area contributed by atoms with Crippen molar-refractivity contribution in [2.24, 2.45) is 0 Å². The van der Waals surface area contributed by atoms with Crippen molar-refractivity contribution >= 4 is 22.4 Å². The van der Waals surface area contributed by atoms with E-state index in [1.54, 1.807) is 28.7 Å². The van der Waals surface area contributed by atoms with Gasteiger partial charge in [-0.2, -0.15) is 0 Å². The smallest absolute Gasteiger partial charge is 0.274 e. The van der Waals surface area contributed by atoms with Gasteiger partial charge in [-0.15, -0.1) is 0 Å². The van der Waals surface area contributed by atoms with Gasteiger partial charge in [0.1, 0.15) is 5.75 Å². The fourth-order valence-electron chi connectivity index (χ4n) is 3.38. The van der Waals surface area contributed by atoms with Crippen LogP contribution in [-0.2, 0) is 0 Å². The van der Waals surface area contributed by atoms with Crippen molar-refractivity contribution in [3.63, 3.8) is 0 Å². The molecule has 0 bridgehead atoms. The van der Waals surface area contributed by atoms with E-state index in [4.69, 9.17) is 4.98 Å². The summed E-state index contributed by atoms with van der Waals surface area (Å²) in [5, 5.41) is 9.47. The van der Waals surface area contributed by atoms with Crippen LogP contribution in [0.2, 0.25) is 0 Å². The third-order valence-corrected chi connectivity index (χ3v) is 5.72. The number of aromatic nitrogens is 2. The predicted octanol–water partition coefficient (Wildman–Crippen LogP) is 4.34. The third-order valence-electron chi connectivity index (χ3n) is 4.75. The fourth-order valence-corrected chi connectivity index (χ4v) is 4.35. The number of benzene rings is 3. The highest BCUT2D eigenvalue weighted by Crippen LogP contribution is 2.32. The lowest BCUT2D eigenvalue weighted by molar-refractivity contribution is 0.475. The van der Waals surface area contributed by atoms with E-state index in [0.29, 0.717) is 9.49 Å². The van der Waals surface area contributed by atoms with Crippen molar-refractivity contribution in [3.8, 4) is 28.3 Å². The first-order valence-electron chi connectivity index (χ1n) is 9.17. The lowest BCUT2D eigenvalue weighted by Crippen LogP contribution is -2.23. The van der Waals surface area contributed by atoms with E-state index in [0.717, 1.165) is 28.1 Å². The van der Waals surface area contributed by atoms with E-state index in [9.17, 15) is 9.90 Å². The fraction of sp³-hybridized carbons (Fsp3) is 0. The molecule has 4 nitrogen and oxygen atoms in total. The van der Waals surface area contributed by atoms with Gasteiger partial charge in [-0.1, -0.05) is 84.1 Å². The van der Waals surface area contributed by atoms with Crippen LogP contribution in [0.5, 0.6) is 5.75 Å². The molecular weight excluding hydrogens is 380 g/mol. The Morgan fingerprint density at radius 3 is 2.10 bits per heavy atom. The molecule has 0 amide bonds. The van der Waals surface area contributed by atoms with Crippen LogP contribution < -0.4 is 10.1 Å². The zero-order chi connectivity index (χ0) is 19.8. The van der Waals surface area contributed by atoms with Crippen LogP contribution in [0.25, 0.3) is 33.6 Å². The average molecular weight is 396 g/mol. The molecular formula is C24H16N2O2S. The van der Waals surface area contributed by atoms with E-state index in [-0.39, 0.29) is 11.3 Å². The van der Waals surface area contributed by atoms with E-state index in [1.807, 2.05) is 66.7 Å². The molecule has 0 saturated carbocycles. The number of hydrogen-bond donors (Lipinski definition) is 1. The van der Waals surface area contributed by atoms with Crippen LogP contribution in [-0.4, -0.2) is 14.5 Å². The molecule has 2 aromatic heterocycles. The molecule has 0 aliphatic carbocycles. The third kappa shape index (κ3) is 3.11. The Morgan fingerprint density at radius 2 is 1.45 bits per heavy atom. The zero-order valence-corrected chi connectivity index (χ0v) is 16.1. The minimum Gasteiger partial charge on any atom is -0.508 e. The summed E-state index contributed by atoms with van der Waals surface area (Å²) in [6.07, 6.45) is 1.83. The first-order valence-corrected chi connectivity index (χ1v) is 9.99. The number of fused-ring (bicyclic) bond motifs is 1. The van der Waals surface area contributed by atoms with Crippen LogP contribution in [0.3, 0.4) is 0 Å². The van der Waals surface area contributed by atoms with Gasteiger partial charge in [0.25, 0.3) is 5.56 Å². The second kappa shape index (κ2) is 7.04. The minimum atomic E-state index is -0.0911. The van der Waals surface area contributed by atoms with Crippen LogP contribution in [0.15, 0.2) is 89.7 Å². The highest BCUT2D eigenvalue weighted by molar-refractivity contribution is 7.15. The summed E-state index contributed by atoms with van der Waals surface area (Å²) >= 11 is 1.37. The Morgan fingerprint density at radius 1 is 0.828 bits per heavy atom. The number of nitrogens with zero attached hydrogens (tertiary/aromatic N) is 2. The molecule has 5 aromatic rings. The molecule has 140 valence electrons. The van der Waals surface area contributed by atoms with Gasteiger partial charge < -0.3 is 5.11 Å². The van der Waals surface area contributed by atoms with Crippen molar-refractivity contribution in [2.45, 2.75) is 0 Å². The first-order chi connectivity index (χ1) is 14.2. The molecule has 2 heterocycles. The molecule has 0 unspecified atom stereocenters. The summed E-state index contributed by atoms with van der Waals surface area (Å²) in [5.74, 6) is 0.198. The monoisotopic (exact) mass is 396 g/mol. The number of hydrogen-bond acceptors (Lipinski definition) is 4. The lowest BCUT2D eigenvalue weighted by Gasteiger charge is -2.04. The SMILES string of the molecule is O=c1/c(=C/c2ccc(O)cc2)sc2nc(-c3ccccc3)c(-c3ccccc3)n12. The molecule has 0 radical (unpaired) electrons. The maximum absolute atomic E-state index is 13.3.